The lowest BCUT2D eigenvalue weighted by molar-refractivity contribution is -0.174. The fourth-order valence-electron chi connectivity index (χ4n) is 0.794. The lowest BCUT2D eigenvalue weighted by Crippen LogP contribution is -2.44. The van der Waals surface area contributed by atoms with Gasteiger partial charge < -0.3 is 21.7 Å². The summed E-state index contributed by atoms with van der Waals surface area (Å²) >= 11 is 0. The largest absolute Gasteiger partial charge is 0.370 e. The summed E-state index contributed by atoms with van der Waals surface area (Å²) in [7, 11) is -0.880. The number of hydrogen-bond acceptors (Lipinski definition) is 4. The van der Waals surface area contributed by atoms with E-state index in [9.17, 15) is 9.59 Å². The number of primary amides is 2. The fourth-order valence-corrected chi connectivity index (χ4v) is 2.38. The minimum absolute atomic E-state index is 0.0460. The molecule has 13 heavy (non-hydrogen) atoms. The van der Waals surface area contributed by atoms with E-state index in [0.29, 0.717) is 6.04 Å². The molecule has 0 radical (unpaired) electrons. The summed E-state index contributed by atoms with van der Waals surface area (Å²) in [6, 6.07) is 0.501. The van der Waals surface area contributed by atoms with Gasteiger partial charge >= 0.3 is 0 Å². The van der Waals surface area contributed by atoms with Crippen molar-refractivity contribution in [1.82, 2.24) is 0 Å². The first kappa shape index (κ1) is 12.1. The summed E-state index contributed by atoms with van der Waals surface area (Å²) in [5.74, 6) is -3.99. The molecule has 0 fully saturated rings. The Balaban J connectivity index is 3.64. The summed E-state index contributed by atoms with van der Waals surface area (Å²) in [6.45, 7) is 0. The van der Waals surface area contributed by atoms with E-state index in [0.717, 1.165) is 0 Å². The highest BCUT2D eigenvalue weighted by molar-refractivity contribution is 6.37. The molecule has 0 unspecified atom stereocenters. The van der Waals surface area contributed by atoms with Crippen LogP contribution >= 0.6 is 0 Å². The van der Waals surface area contributed by atoms with Crippen LogP contribution < -0.4 is 11.5 Å². The second-order valence-corrected chi connectivity index (χ2v) is 4.77. The Hall–Kier alpha value is -0.923. The van der Waals surface area contributed by atoms with Crippen molar-refractivity contribution in [2.24, 2.45) is 11.5 Å². The summed E-state index contributed by atoms with van der Waals surface area (Å²) < 4.78 is 0. The average molecular weight is 206 g/mol. The highest BCUT2D eigenvalue weighted by atomic mass is 28.2. The molecule has 0 spiro atoms. The summed E-state index contributed by atoms with van der Waals surface area (Å²) in [4.78, 5) is 20.7. The fraction of sp³-hybridized carbons (Fsp3) is 0.667. The van der Waals surface area contributed by atoms with Crippen molar-refractivity contribution < 1.29 is 19.8 Å². The zero-order valence-corrected chi connectivity index (χ0v) is 8.61. The van der Waals surface area contributed by atoms with Crippen LogP contribution in [-0.4, -0.2) is 37.3 Å². The number of carbonyl (C=O) groups is 2. The summed E-state index contributed by atoms with van der Waals surface area (Å²) in [5, 5.41) is 17.9. The van der Waals surface area contributed by atoms with Crippen molar-refractivity contribution >= 4 is 21.3 Å². The lowest BCUT2D eigenvalue weighted by Gasteiger charge is -2.16. The third-order valence-corrected chi connectivity index (χ3v) is 3.50. The molecule has 6 nitrogen and oxygen atoms in total. The van der Waals surface area contributed by atoms with Crippen LogP contribution in [0.3, 0.4) is 0 Å². The maximum Gasteiger partial charge on any atom is 0.277 e. The van der Waals surface area contributed by atoms with Gasteiger partial charge in [-0.15, -0.1) is 0 Å². The Kier molecular flexibility index (Phi) is 4.60. The van der Waals surface area contributed by atoms with Gasteiger partial charge in [-0.1, -0.05) is 6.04 Å². The van der Waals surface area contributed by atoms with Gasteiger partial charge in [-0.25, -0.2) is 0 Å². The van der Waals surface area contributed by atoms with Gasteiger partial charge in [0.2, 0.25) is 11.7 Å². The molecular weight excluding hydrogens is 192 g/mol. The van der Waals surface area contributed by atoms with Crippen molar-refractivity contribution in [3.63, 3.8) is 0 Å². The topological polar surface area (TPSA) is 127 Å². The van der Waals surface area contributed by atoms with Crippen molar-refractivity contribution in [3.8, 4) is 0 Å². The Labute approximate surface area is 77.7 Å². The molecule has 0 aromatic carbocycles. The monoisotopic (exact) mass is 206 g/mol. The van der Waals surface area contributed by atoms with E-state index < -0.39 is 27.1 Å². The van der Waals surface area contributed by atoms with Gasteiger partial charge in [-0.2, -0.15) is 0 Å². The highest BCUT2D eigenvalue weighted by Gasteiger charge is 2.29. The Morgan fingerprint density at radius 1 is 1.31 bits per heavy atom. The third-order valence-electron chi connectivity index (χ3n) is 1.59. The first-order valence-electron chi connectivity index (χ1n) is 3.89. The molecule has 0 aromatic rings. The molecule has 0 aromatic heterocycles. The van der Waals surface area contributed by atoms with Crippen molar-refractivity contribution in [3.05, 3.63) is 0 Å². The van der Waals surface area contributed by atoms with Gasteiger partial charge in [0.1, 0.15) is 0 Å². The molecule has 0 bridgehead atoms. The Bertz CT molecular complexity index is 207. The normalized spacial score (nSPS) is 12.2. The van der Waals surface area contributed by atoms with E-state index in [1.165, 1.54) is 0 Å². The minimum Gasteiger partial charge on any atom is -0.370 e. The van der Waals surface area contributed by atoms with Crippen molar-refractivity contribution in [1.29, 1.82) is 0 Å². The third kappa shape index (κ3) is 5.34. The number of hydrogen-bond donors (Lipinski definition) is 4. The molecule has 7 heteroatoms. The van der Waals surface area contributed by atoms with E-state index in [2.05, 4.69) is 0 Å². The average Bonchev–Trinajstić information content (AvgIpc) is 1.97. The lowest BCUT2D eigenvalue weighted by atomic mass is 10.3. The summed E-state index contributed by atoms with van der Waals surface area (Å²) in [6.07, 6.45) is 0.223. The first-order valence-corrected chi connectivity index (χ1v) is 5.89. The standard InChI is InChI=1S/C6H14N2O4Si/c7-4(9)1-2-13-3-6(11,12)5(8)10/h11-12H,1-3,13H2,(H2,7,9)(H2,8,10). The van der Waals surface area contributed by atoms with Crippen LogP contribution in [0, 0.1) is 0 Å². The van der Waals surface area contributed by atoms with Crippen LogP contribution in [0.2, 0.25) is 12.1 Å². The van der Waals surface area contributed by atoms with E-state index in [4.69, 9.17) is 21.7 Å². The zero-order chi connectivity index (χ0) is 10.5. The van der Waals surface area contributed by atoms with E-state index in [1.807, 2.05) is 0 Å². The van der Waals surface area contributed by atoms with Gasteiger partial charge in [0.05, 0.1) is 0 Å². The number of rotatable bonds is 6. The molecule has 0 saturated carbocycles. The van der Waals surface area contributed by atoms with Crippen LogP contribution in [0.15, 0.2) is 0 Å². The molecule has 0 aliphatic carbocycles. The Morgan fingerprint density at radius 3 is 2.23 bits per heavy atom. The van der Waals surface area contributed by atoms with E-state index >= 15 is 0 Å². The molecule has 0 rings (SSSR count). The predicted molar refractivity (Wildman–Crippen MR) is 48.3 cm³/mol. The second-order valence-electron chi connectivity index (χ2n) is 2.85. The molecule has 0 atom stereocenters. The van der Waals surface area contributed by atoms with Gasteiger partial charge in [0.25, 0.3) is 5.91 Å². The first-order chi connectivity index (χ1) is 5.86. The number of aliphatic hydroxyl groups is 2. The molecule has 6 N–H and O–H groups in total. The van der Waals surface area contributed by atoms with Crippen LogP contribution in [0.25, 0.3) is 0 Å². The van der Waals surface area contributed by atoms with E-state index in [-0.39, 0.29) is 12.5 Å². The molecule has 0 aliphatic rings. The van der Waals surface area contributed by atoms with E-state index in [1.54, 1.807) is 0 Å². The van der Waals surface area contributed by atoms with Gasteiger partial charge in [0.15, 0.2) is 0 Å². The zero-order valence-electron chi connectivity index (χ0n) is 7.19. The molecule has 0 heterocycles. The maximum absolute atomic E-state index is 10.4. The van der Waals surface area contributed by atoms with Gasteiger partial charge in [-0.3, -0.25) is 9.59 Å². The quantitative estimate of drug-likeness (QED) is 0.210. The molecule has 76 valence electrons. The summed E-state index contributed by atoms with van der Waals surface area (Å²) in [5.41, 5.74) is 9.57. The van der Waals surface area contributed by atoms with Gasteiger partial charge in [0, 0.05) is 15.9 Å². The molecular formula is C6H14N2O4Si. The van der Waals surface area contributed by atoms with Crippen molar-refractivity contribution in [2.75, 3.05) is 0 Å². The molecule has 0 aliphatic heterocycles. The van der Waals surface area contributed by atoms with Crippen molar-refractivity contribution in [2.45, 2.75) is 24.3 Å². The second kappa shape index (κ2) is 4.95. The highest BCUT2D eigenvalue weighted by Crippen LogP contribution is 2.06. The van der Waals surface area contributed by atoms with Crippen LogP contribution in [0.5, 0.6) is 0 Å². The smallest absolute Gasteiger partial charge is 0.277 e. The number of nitrogens with two attached hydrogens (primary N) is 2. The number of carbonyl (C=O) groups excluding carboxylic acids is 2. The Morgan fingerprint density at radius 2 is 1.85 bits per heavy atom. The predicted octanol–water partition coefficient (Wildman–Crippen LogP) is -2.97. The van der Waals surface area contributed by atoms with Crippen LogP contribution in [0.4, 0.5) is 0 Å². The molecule has 2 amide bonds. The van der Waals surface area contributed by atoms with Gasteiger partial charge in [-0.05, 0) is 6.04 Å². The van der Waals surface area contributed by atoms with Crippen LogP contribution in [0.1, 0.15) is 6.42 Å². The van der Waals surface area contributed by atoms with Crippen LogP contribution in [-0.2, 0) is 9.59 Å². The SMILES string of the molecule is NC(=O)CC[SiH2]CC(O)(O)C(N)=O. The maximum atomic E-state index is 10.4. The molecule has 0 saturated heterocycles. The number of amides is 2. The minimum atomic E-state index is -2.41.